The van der Waals surface area contributed by atoms with Crippen molar-refractivity contribution in [2.75, 3.05) is 14.2 Å². The van der Waals surface area contributed by atoms with E-state index in [1.54, 1.807) is 19.1 Å². The van der Waals surface area contributed by atoms with Gasteiger partial charge in [-0.15, -0.1) is 0 Å². The summed E-state index contributed by atoms with van der Waals surface area (Å²) in [5.41, 5.74) is 3.94. The fraction of sp³-hybridized carbons (Fsp3) is 0.0833. The zero-order chi connectivity index (χ0) is 20.2. The number of aliphatic imine (C=N–C) groups is 1. The normalized spacial score (nSPS) is 16.6. The number of amidine groups is 1. The molecule has 0 aliphatic carbocycles. The molecule has 0 saturated carbocycles. The smallest absolute Gasteiger partial charge is 0.266 e. The average Bonchev–Trinajstić information content (AvgIpc) is 3.02. The number of nitrogens with zero attached hydrogens (tertiary/aromatic N) is 2. The molecule has 5 heteroatoms. The van der Waals surface area contributed by atoms with Crippen LogP contribution in [0.15, 0.2) is 88.8 Å². The Hall–Kier alpha value is -3.31. The summed E-state index contributed by atoms with van der Waals surface area (Å²) in [5, 5.41) is 0.677. The topological polar surface area (TPSA) is 41.9 Å². The van der Waals surface area contributed by atoms with Gasteiger partial charge in [0.25, 0.3) is 5.91 Å². The molecule has 1 fully saturated rings. The van der Waals surface area contributed by atoms with E-state index in [9.17, 15) is 4.79 Å². The number of thioether (sulfide) groups is 1. The maximum absolute atomic E-state index is 12.7. The molecule has 0 radical (unpaired) electrons. The molecular formula is C24H20N2O2S. The van der Waals surface area contributed by atoms with Crippen LogP contribution < -0.4 is 4.74 Å². The Bertz CT molecular complexity index is 1110. The van der Waals surface area contributed by atoms with Gasteiger partial charge in [-0.2, -0.15) is 0 Å². The second kappa shape index (κ2) is 8.37. The molecule has 0 atom stereocenters. The van der Waals surface area contributed by atoms with E-state index in [4.69, 9.17) is 4.74 Å². The van der Waals surface area contributed by atoms with E-state index in [-0.39, 0.29) is 5.91 Å². The Labute approximate surface area is 174 Å². The molecule has 0 spiro atoms. The van der Waals surface area contributed by atoms with Crippen molar-refractivity contribution in [2.45, 2.75) is 0 Å². The molecule has 1 saturated heterocycles. The highest BCUT2D eigenvalue weighted by atomic mass is 32.2. The van der Waals surface area contributed by atoms with E-state index in [0.29, 0.717) is 10.1 Å². The summed E-state index contributed by atoms with van der Waals surface area (Å²) in [5.74, 6) is 0.771. The van der Waals surface area contributed by atoms with Gasteiger partial charge in [-0.3, -0.25) is 9.69 Å². The molecular weight excluding hydrogens is 380 g/mol. The number of para-hydroxylation sites is 1. The van der Waals surface area contributed by atoms with Crippen LogP contribution in [0.3, 0.4) is 0 Å². The Morgan fingerprint density at radius 3 is 2.41 bits per heavy atom. The molecule has 4 rings (SSSR count). The van der Waals surface area contributed by atoms with E-state index in [2.05, 4.69) is 17.1 Å². The standard InChI is InChI=1S/C24H20N2O2S/c1-26-23(27)22(29-24(26)25-20-11-4-3-5-12-20)15-17-8-6-9-18(14-17)19-10-7-13-21(16-19)28-2/h3-16H,1-2H3. The van der Waals surface area contributed by atoms with Gasteiger partial charge in [0.05, 0.1) is 17.7 Å². The summed E-state index contributed by atoms with van der Waals surface area (Å²) in [6, 6.07) is 25.7. The maximum atomic E-state index is 12.7. The predicted octanol–water partition coefficient (Wildman–Crippen LogP) is 5.60. The third-order valence-electron chi connectivity index (χ3n) is 4.57. The summed E-state index contributed by atoms with van der Waals surface area (Å²) in [6.07, 6.45) is 1.92. The summed E-state index contributed by atoms with van der Waals surface area (Å²) >= 11 is 1.39. The number of methoxy groups -OCH3 is 1. The van der Waals surface area contributed by atoms with Gasteiger partial charge in [-0.05, 0) is 64.9 Å². The molecule has 1 aliphatic heterocycles. The van der Waals surface area contributed by atoms with Crippen LogP contribution in [0.2, 0.25) is 0 Å². The molecule has 0 bridgehead atoms. The number of rotatable bonds is 4. The minimum absolute atomic E-state index is 0.0449. The molecule has 29 heavy (non-hydrogen) atoms. The van der Waals surface area contributed by atoms with Crippen LogP contribution in [0.25, 0.3) is 17.2 Å². The molecule has 0 N–H and O–H groups in total. The van der Waals surface area contributed by atoms with Crippen LogP contribution in [0.1, 0.15) is 5.56 Å². The molecule has 1 aliphatic rings. The van der Waals surface area contributed by atoms with E-state index in [1.165, 1.54) is 11.8 Å². The Kier molecular flexibility index (Phi) is 5.49. The summed E-state index contributed by atoms with van der Waals surface area (Å²) in [6.45, 7) is 0. The van der Waals surface area contributed by atoms with E-state index in [0.717, 1.165) is 28.1 Å². The average molecular weight is 401 g/mol. The van der Waals surface area contributed by atoms with Gasteiger partial charge in [0, 0.05) is 7.05 Å². The lowest BCUT2D eigenvalue weighted by Gasteiger charge is -2.07. The van der Waals surface area contributed by atoms with Crippen molar-refractivity contribution in [1.29, 1.82) is 0 Å². The maximum Gasteiger partial charge on any atom is 0.266 e. The zero-order valence-corrected chi connectivity index (χ0v) is 17.0. The number of ether oxygens (including phenoxy) is 1. The summed E-state index contributed by atoms with van der Waals surface area (Å²) < 4.78 is 5.32. The van der Waals surface area contributed by atoms with E-state index in [1.807, 2.05) is 72.8 Å². The molecule has 1 amide bonds. The first-order valence-electron chi connectivity index (χ1n) is 9.20. The van der Waals surface area contributed by atoms with Crippen LogP contribution in [0.4, 0.5) is 5.69 Å². The van der Waals surface area contributed by atoms with Crippen molar-refractivity contribution in [2.24, 2.45) is 4.99 Å². The fourth-order valence-electron chi connectivity index (χ4n) is 3.03. The van der Waals surface area contributed by atoms with Gasteiger partial charge in [-0.25, -0.2) is 4.99 Å². The number of carbonyl (C=O) groups excluding carboxylic acids is 1. The molecule has 1 heterocycles. The Morgan fingerprint density at radius 1 is 0.931 bits per heavy atom. The first-order chi connectivity index (χ1) is 14.1. The Balaban J connectivity index is 1.63. The van der Waals surface area contributed by atoms with Gasteiger partial charge in [-0.1, -0.05) is 48.5 Å². The van der Waals surface area contributed by atoms with Crippen molar-refractivity contribution in [3.63, 3.8) is 0 Å². The van der Waals surface area contributed by atoms with E-state index < -0.39 is 0 Å². The van der Waals surface area contributed by atoms with Crippen LogP contribution in [0, 0.1) is 0 Å². The second-order valence-corrected chi connectivity index (χ2v) is 7.57. The second-order valence-electron chi connectivity index (χ2n) is 6.56. The van der Waals surface area contributed by atoms with Gasteiger partial charge in [0.1, 0.15) is 5.75 Å². The zero-order valence-electron chi connectivity index (χ0n) is 16.2. The third-order valence-corrected chi connectivity index (χ3v) is 5.63. The highest BCUT2D eigenvalue weighted by molar-refractivity contribution is 8.18. The lowest BCUT2D eigenvalue weighted by molar-refractivity contribution is -0.121. The van der Waals surface area contributed by atoms with Gasteiger partial charge in [0.15, 0.2) is 5.17 Å². The van der Waals surface area contributed by atoms with Crippen molar-refractivity contribution in [3.05, 3.63) is 89.3 Å². The molecule has 4 nitrogen and oxygen atoms in total. The number of benzene rings is 3. The minimum Gasteiger partial charge on any atom is -0.497 e. The highest BCUT2D eigenvalue weighted by Crippen LogP contribution is 2.34. The number of hydrogen-bond acceptors (Lipinski definition) is 4. The number of likely N-dealkylation sites (N-methyl/N-ethyl adjacent to an activating group) is 1. The predicted molar refractivity (Wildman–Crippen MR) is 120 cm³/mol. The van der Waals surface area contributed by atoms with Gasteiger partial charge < -0.3 is 4.74 Å². The highest BCUT2D eigenvalue weighted by Gasteiger charge is 2.30. The van der Waals surface area contributed by atoms with Crippen LogP contribution in [-0.2, 0) is 4.79 Å². The van der Waals surface area contributed by atoms with Gasteiger partial charge >= 0.3 is 0 Å². The molecule has 0 aromatic heterocycles. The molecule has 3 aromatic carbocycles. The first-order valence-corrected chi connectivity index (χ1v) is 10.0. The summed E-state index contributed by atoms with van der Waals surface area (Å²) in [7, 11) is 3.42. The number of hydrogen-bond donors (Lipinski definition) is 0. The number of amides is 1. The minimum atomic E-state index is -0.0449. The molecule has 144 valence electrons. The van der Waals surface area contributed by atoms with Crippen molar-refractivity contribution >= 4 is 34.6 Å². The van der Waals surface area contributed by atoms with Crippen molar-refractivity contribution < 1.29 is 9.53 Å². The van der Waals surface area contributed by atoms with Crippen molar-refractivity contribution in [3.8, 4) is 16.9 Å². The van der Waals surface area contributed by atoms with Crippen LogP contribution in [-0.4, -0.2) is 30.1 Å². The number of carbonyl (C=O) groups is 1. The van der Waals surface area contributed by atoms with Crippen molar-refractivity contribution in [1.82, 2.24) is 4.90 Å². The fourth-order valence-corrected chi connectivity index (χ4v) is 4.01. The van der Waals surface area contributed by atoms with Crippen LogP contribution in [0.5, 0.6) is 5.75 Å². The quantitative estimate of drug-likeness (QED) is 0.536. The third kappa shape index (κ3) is 4.25. The lowest BCUT2D eigenvalue weighted by atomic mass is 10.0. The molecule has 3 aromatic rings. The SMILES string of the molecule is COc1cccc(-c2cccc(C=C3SC(=Nc4ccccc4)N(C)C3=O)c2)c1. The monoisotopic (exact) mass is 400 g/mol. The molecule has 0 unspecified atom stereocenters. The van der Waals surface area contributed by atoms with Crippen LogP contribution >= 0.6 is 11.8 Å². The lowest BCUT2D eigenvalue weighted by Crippen LogP contribution is -2.23. The first kappa shape index (κ1) is 19.0. The Morgan fingerprint density at radius 2 is 1.66 bits per heavy atom. The van der Waals surface area contributed by atoms with E-state index >= 15 is 0 Å². The summed E-state index contributed by atoms with van der Waals surface area (Å²) in [4.78, 5) is 19.5. The van der Waals surface area contributed by atoms with Gasteiger partial charge in [0.2, 0.25) is 0 Å². The largest absolute Gasteiger partial charge is 0.497 e.